The van der Waals surface area contributed by atoms with Crippen LogP contribution in [0.1, 0.15) is 27.5 Å². The Labute approximate surface area is 165 Å². The summed E-state index contributed by atoms with van der Waals surface area (Å²) < 4.78 is 15.8. The molecule has 0 saturated heterocycles. The van der Waals surface area contributed by atoms with Gasteiger partial charge >= 0.3 is 5.97 Å². The first-order chi connectivity index (χ1) is 13.9. The fraction of sp³-hybridized carbons (Fsp3) is 0.0952. The zero-order valence-corrected chi connectivity index (χ0v) is 15.4. The number of amides is 1. The molecule has 29 heavy (non-hydrogen) atoms. The lowest BCUT2D eigenvalue weighted by Gasteiger charge is -2.24. The first kappa shape index (κ1) is 18.4. The highest BCUT2D eigenvalue weighted by Crippen LogP contribution is 2.33. The number of fused-ring (bicyclic) bond motifs is 1. The predicted molar refractivity (Wildman–Crippen MR) is 105 cm³/mol. The lowest BCUT2D eigenvalue weighted by atomic mass is 10.0. The Bertz CT molecular complexity index is 1140. The number of aliphatic carboxylic acids is 1. The number of carboxylic acid groups (broad SMARTS) is 1. The number of allylic oxidation sites excluding steroid dienone is 1. The summed E-state index contributed by atoms with van der Waals surface area (Å²) in [6, 6.07) is 12.5. The van der Waals surface area contributed by atoms with Gasteiger partial charge in [0.1, 0.15) is 28.9 Å². The van der Waals surface area contributed by atoms with E-state index >= 15 is 0 Å². The number of carboxylic acids is 1. The van der Waals surface area contributed by atoms with Crippen molar-refractivity contribution in [1.29, 1.82) is 0 Å². The number of hydrogen-bond acceptors (Lipinski definition) is 4. The fourth-order valence-electron chi connectivity index (χ4n) is 3.16. The van der Waals surface area contributed by atoms with Crippen LogP contribution in [0.2, 0.25) is 0 Å². The molecule has 7 nitrogen and oxygen atoms in total. The number of carbonyl (C=O) groups excluding carboxylic acids is 1. The second-order valence-electron chi connectivity index (χ2n) is 6.65. The minimum atomic E-state index is -1.22. The van der Waals surface area contributed by atoms with E-state index < -0.39 is 23.7 Å². The van der Waals surface area contributed by atoms with E-state index in [4.69, 9.17) is 0 Å². The lowest BCUT2D eigenvalue weighted by molar-refractivity contribution is -0.132. The van der Waals surface area contributed by atoms with Gasteiger partial charge in [0.25, 0.3) is 5.91 Å². The van der Waals surface area contributed by atoms with Gasteiger partial charge in [-0.15, -0.1) is 0 Å². The van der Waals surface area contributed by atoms with E-state index in [1.165, 1.54) is 23.0 Å². The van der Waals surface area contributed by atoms with E-state index in [0.29, 0.717) is 5.69 Å². The highest BCUT2D eigenvalue weighted by molar-refractivity contribution is 6.08. The molecule has 3 aromatic rings. The molecule has 2 aromatic carbocycles. The number of nitrogens with one attached hydrogen (secondary N) is 2. The summed E-state index contributed by atoms with van der Waals surface area (Å²) in [7, 11) is 0. The zero-order chi connectivity index (χ0) is 20.5. The van der Waals surface area contributed by atoms with Crippen LogP contribution in [0, 0.1) is 12.7 Å². The third kappa shape index (κ3) is 3.47. The van der Waals surface area contributed by atoms with Crippen molar-refractivity contribution >= 4 is 23.4 Å². The molecule has 0 unspecified atom stereocenters. The third-order valence-electron chi connectivity index (χ3n) is 4.64. The monoisotopic (exact) mass is 392 g/mol. The Kier molecular flexibility index (Phi) is 4.59. The summed E-state index contributed by atoms with van der Waals surface area (Å²) in [4.78, 5) is 24.4. The number of halogens is 1. The molecule has 0 spiro atoms. The summed E-state index contributed by atoms with van der Waals surface area (Å²) >= 11 is 0. The standard InChI is InChI=1S/C21H17FN4O3/c1-12-6-8-13(9-7-12)24-20(27)15-11-23-26-18(14-4-2-3-5-16(14)22)10-17(21(28)29)25-19(15)26/h2-11,18,25H,1H3,(H,24,27)(H,28,29)/t18-/m0/s1. The van der Waals surface area contributed by atoms with Crippen LogP contribution in [0.25, 0.3) is 0 Å². The van der Waals surface area contributed by atoms with E-state index in [1.807, 2.05) is 19.1 Å². The van der Waals surface area contributed by atoms with Crippen molar-refractivity contribution in [3.8, 4) is 0 Å². The second-order valence-corrected chi connectivity index (χ2v) is 6.65. The number of benzene rings is 2. The molecule has 0 aliphatic carbocycles. The first-order valence-electron chi connectivity index (χ1n) is 8.86. The minimum absolute atomic E-state index is 0.152. The van der Waals surface area contributed by atoms with Gasteiger partial charge in [-0.25, -0.2) is 13.9 Å². The maximum Gasteiger partial charge on any atom is 0.352 e. The van der Waals surface area contributed by atoms with Crippen LogP contribution in [0.3, 0.4) is 0 Å². The van der Waals surface area contributed by atoms with Gasteiger partial charge in [0, 0.05) is 11.3 Å². The Balaban J connectivity index is 1.73. The predicted octanol–water partition coefficient (Wildman–Crippen LogP) is 3.57. The molecule has 8 heteroatoms. The number of carbonyl (C=O) groups is 2. The Morgan fingerprint density at radius 2 is 1.90 bits per heavy atom. The van der Waals surface area contributed by atoms with Crippen LogP contribution in [-0.2, 0) is 4.79 Å². The number of nitrogens with zero attached hydrogens (tertiary/aromatic N) is 2. The molecular weight excluding hydrogens is 375 g/mol. The Hall–Kier alpha value is -3.94. The van der Waals surface area contributed by atoms with E-state index in [-0.39, 0.29) is 22.6 Å². The molecule has 1 atom stereocenters. The molecule has 0 fully saturated rings. The van der Waals surface area contributed by atoms with Gasteiger partial charge in [0.05, 0.1) is 6.20 Å². The van der Waals surface area contributed by atoms with Crippen LogP contribution in [0.4, 0.5) is 15.9 Å². The van der Waals surface area contributed by atoms with Crippen molar-refractivity contribution in [2.24, 2.45) is 0 Å². The molecule has 1 aliphatic rings. The quantitative estimate of drug-likeness (QED) is 0.631. The van der Waals surface area contributed by atoms with Crippen LogP contribution in [0.5, 0.6) is 0 Å². The van der Waals surface area contributed by atoms with Crippen LogP contribution < -0.4 is 10.6 Å². The summed E-state index contributed by atoms with van der Waals surface area (Å²) in [5.41, 5.74) is 1.89. The molecule has 0 saturated carbocycles. The van der Waals surface area contributed by atoms with Crippen molar-refractivity contribution in [3.05, 3.63) is 89.0 Å². The van der Waals surface area contributed by atoms with Crippen molar-refractivity contribution in [2.45, 2.75) is 13.0 Å². The average molecular weight is 392 g/mol. The summed E-state index contributed by atoms with van der Waals surface area (Å²) in [5.74, 6) is -1.99. The fourth-order valence-corrected chi connectivity index (χ4v) is 3.16. The van der Waals surface area contributed by atoms with Crippen molar-refractivity contribution in [2.75, 3.05) is 10.6 Å². The van der Waals surface area contributed by atoms with Gasteiger partial charge in [-0.2, -0.15) is 5.10 Å². The number of aromatic nitrogens is 2. The van der Waals surface area contributed by atoms with Crippen molar-refractivity contribution in [1.82, 2.24) is 9.78 Å². The van der Waals surface area contributed by atoms with Gasteiger partial charge in [0.15, 0.2) is 0 Å². The van der Waals surface area contributed by atoms with Gasteiger partial charge < -0.3 is 15.7 Å². The highest BCUT2D eigenvalue weighted by atomic mass is 19.1. The van der Waals surface area contributed by atoms with Gasteiger partial charge in [-0.05, 0) is 31.2 Å². The normalized spacial score (nSPS) is 15.1. The van der Waals surface area contributed by atoms with E-state index in [1.54, 1.807) is 30.3 Å². The van der Waals surface area contributed by atoms with Crippen LogP contribution in [0.15, 0.2) is 66.5 Å². The first-order valence-corrected chi connectivity index (χ1v) is 8.86. The zero-order valence-electron chi connectivity index (χ0n) is 15.4. The van der Waals surface area contributed by atoms with E-state index in [2.05, 4.69) is 15.7 Å². The average Bonchev–Trinajstić information content (AvgIpc) is 3.13. The Morgan fingerprint density at radius 1 is 1.17 bits per heavy atom. The molecule has 1 aromatic heterocycles. The lowest BCUT2D eigenvalue weighted by Crippen LogP contribution is -2.26. The van der Waals surface area contributed by atoms with Gasteiger partial charge in [-0.3, -0.25) is 4.79 Å². The molecule has 1 aliphatic heterocycles. The summed E-state index contributed by atoms with van der Waals surface area (Å²) in [6.07, 6.45) is 2.70. The molecule has 1 amide bonds. The largest absolute Gasteiger partial charge is 0.477 e. The van der Waals surface area contributed by atoms with Crippen molar-refractivity contribution < 1.29 is 19.1 Å². The SMILES string of the molecule is Cc1ccc(NC(=O)c2cnn3c2NC(C(=O)O)=C[C@H]3c2ccccc2F)cc1. The maximum absolute atomic E-state index is 14.4. The summed E-state index contributed by atoms with van der Waals surface area (Å²) in [5, 5.41) is 19.2. The second kappa shape index (κ2) is 7.23. The minimum Gasteiger partial charge on any atom is -0.477 e. The highest BCUT2D eigenvalue weighted by Gasteiger charge is 2.30. The smallest absolute Gasteiger partial charge is 0.352 e. The summed E-state index contributed by atoms with van der Waals surface area (Å²) in [6.45, 7) is 1.94. The third-order valence-corrected chi connectivity index (χ3v) is 4.64. The molecule has 146 valence electrons. The molecule has 3 N–H and O–H groups in total. The van der Waals surface area contributed by atoms with Crippen LogP contribution in [-0.4, -0.2) is 26.8 Å². The van der Waals surface area contributed by atoms with Crippen LogP contribution >= 0.6 is 0 Å². The topological polar surface area (TPSA) is 96.3 Å². The number of anilines is 2. The van der Waals surface area contributed by atoms with Gasteiger partial charge in [0.2, 0.25) is 0 Å². The molecular formula is C21H17FN4O3. The number of hydrogen-bond donors (Lipinski definition) is 3. The number of aryl methyl sites for hydroxylation is 1. The van der Waals surface area contributed by atoms with E-state index in [9.17, 15) is 19.1 Å². The Morgan fingerprint density at radius 3 is 2.59 bits per heavy atom. The molecule has 0 radical (unpaired) electrons. The molecule has 2 heterocycles. The van der Waals surface area contributed by atoms with Crippen molar-refractivity contribution in [3.63, 3.8) is 0 Å². The van der Waals surface area contributed by atoms with E-state index in [0.717, 1.165) is 5.56 Å². The number of rotatable bonds is 4. The maximum atomic E-state index is 14.4. The molecule has 0 bridgehead atoms. The molecule has 4 rings (SSSR count). The van der Waals surface area contributed by atoms with Gasteiger partial charge in [-0.1, -0.05) is 35.9 Å².